The second-order valence-electron chi connectivity index (χ2n) is 3.74. The molecule has 1 aromatic carbocycles. The Balaban J connectivity index is 0.000000203. The summed E-state index contributed by atoms with van der Waals surface area (Å²) < 4.78 is 45.3. The van der Waals surface area contributed by atoms with Gasteiger partial charge in [0.05, 0.1) is 0 Å². The molecule has 0 aromatic heterocycles. The maximum Gasteiger partial charge on any atom is 0.490 e. The number of rotatable bonds is 1. The van der Waals surface area contributed by atoms with Gasteiger partial charge in [0.15, 0.2) is 5.67 Å². The van der Waals surface area contributed by atoms with Gasteiger partial charge in [0.2, 0.25) is 0 Å². The molecule has 1 fully saturated rings. The first kappa shape index (κ1) is 14.4. The monoisotopic (exact) mass is 265 g/mol. The highest BCUT2D eigenvalue weighted by Crippen LogP contribution is 2.29. The summed E-state index contributed by atoms with van der Waals surface area (Å²) in [6, 6.07) is 9.31. The Kier molecular flexibility index (Phi) is 4.28. The third kappa shape index (κ3) is 3.69. The lowest BCUT2D eigenvalue weighted by Crippen LogP contribution is -2.53. The van der Waals surface area contributed by atoms with Gasteiger partial charge in [-0.25, -0.2) is 9.18 Å². The Labute approximate surface area is 100 Å². The Morgan fingerprint density at radius 1 is 1.22 bits per heavy atom. The Hall–Kier alpha value is -1.63. The van der Waals surface area contributed by atoms with Crippen molar-refractivity contribution in [1.82, 2.24) is 5.32 Å². The third-order valence-electron chi connectivity index (χ3n) is 2.34. The summed E-state index contributed by atoms with van der Waals surface area (Å²) in [5.74, 6) is -2.76. The molecule has 0 amide bonds. The number of alkyl halides is 4. The number of benzene rings is 1. The van der Waals surface area contributed by atoms with Crippen molar-refractivity contribution in [1.29, 1.82) is 0 Å². The highest BCUT2D eigenvalue weighted by Gasteiger charge is 2.38. The minimum Gasteiger partial charge on any atom is -0.475 e. The Morgan fingerprint density at radius 3 is 1.94 bits per heavy atom. The van der Waals surface area contributed by atoms with Crippen LogP contribution in [-0.4, -0.2) is 30.3 Å². The van der Waals surface area contributed by atoms with Crippen molar-refractivity contribution in [2.24, 2.45) is 0 Å². The van der Waals surface area contributed by atoms with E-state index in [1.54, 1.807) is 0 Å². The predicted octanol–water partition coefficient (Wildman–Crippen LogP) is 2.09. The summed E-state index contributed by atoms with van der Waals surface area (Å²) in [6.45, 7) is 0.911. The molecule has 0 unspecified atom stereocenters. The van der Waals surface area contributed by atoms with E-state index in [4.69, 9.17) is 9.90 Å². The fraction of sp³-hybridized carbons (Fsp3) is 0.364. The van der Waals surface area contributed by atoms with Gasteiger partial charge in [-0.1, -0.05) is 30.3 Å². The van der Waals surface area contributed by atoms with E-state index < -0.39 is 17.8 Å². The summed E-state index contributed by atoms with van der Waals surface area (Å²) in [5, 5.41) is 10.1. The van der Waals surface area contributed by atoms with Crippen LogP contribution in [-0.2, 0) is 10.5 Å². The molecule has 0 aliphatic carbocycles. The van der Waals surface area contributed by atoms with Crippen LogP contribution in [0.3, 0.4) is 0 Å². The number of nitrogens with one attached hydrogen (secondary N) is 1. The molecule has 0 saturated carbocycles. The molecule has 3 nitrogen and oxygen atoms in total. The number of aliphatic carboxylic acids is 1. The zero-order valence-electron chi connectivity index (χ0n) is 9.17. The maximum absolute atomic E-state index is 13.6. The predicted molar refractivity (Wildman–Crippen MR) is 55.8 cm³/mol. The molecular formula is C11H11F4NO2. The lowest BCUT2D eigenvalue weighted by atomic mass is 9.90. The van der Waals surface area contributed by atoms with Crippen molar-refractivity contribution in [3.63, 3.8) is 0 Å². The molecule has 0 atom stereocenters. The highest BCUT2D eigenvalue weighted by atomic mass is 19.4. The van der Waals surface area contributed by atoms with Gasteiger partial charge < -0.3 is 10.4 Å². The zero-order chi connectivity index (χ0) is 13.8. The fourth-order valence-electron chi connectivity index (χ4n) is 1.29. The van der Waals surface area contributed by atoms with Crippen LogP contribution in [0.5, 0.6) is 0 Å². The zero-order valence-corrected chi connectivity index (χ0v) is 9.17. The van der Waals surface area contributed by atoms with Crippen LogP contribution in [0.1, 0.15) is 5.56 Å². The molecule has 1 aliphatic heterocycles. The summed E-state index contributed by atoms with van der Waals surface area (Å²) in [5.41, 5.74) is -0.305. The molecule has 1 saturated heterocycles. The number of halogens is 4. The minimum absolute atomic E-state index is 0.455. The van der Waals surface area contributed by atoms with Gasteiger partial charge in [-0.15, -0.1) is 0 Å². The molecule has 18 heavy (non-hydrogen) atoms. The van der Waals surface area contributed by atoms with Gasteiger partial charge in [0.1, 0.15) is 0 Å². The first-order valence-electron chi connectivity index (χ1n) is 5.01. The van der Waals surface area contributed by atoms with E-state index in [1.807, 2.05) is 30.3 Å². The summed E-state index contributed by atoms with van der Waals surface area (Å²) in [6.07, 6.45) is -5.08. The van der Waals surface area contributed by atoms with Gasteiger partial charge >= 0.3 is 12.1 Å². The topological polar surface area (TPSA) is 49.3 Å². The molecule has 1 heterocycles. The van der Waals surface area contributed by atoms with Crippen LogP contribution in [0, 0.1) is 0 Å². The van der Waals surface area contributed by atoms with Gasteiger partial charge in [0.25, 0.3) is 0 Å². The number of carboxylic acids is 1. The molecule has 2 rings (SSSR count). The van der Waals surface area contributed by atoms with Crippen LogP contribution < -0.4 is 5.32 Å². The van der Waals surface area contributed by atoms with Crippen LogP contribution in [0.2, 0.25) is 0 Å². The molecule has 0 bridgehead atoms. The molecule has 0 radical (unpaired) electrons. The second-order valence-corrected chi connectivity index (χ2v) is 3.74. The average Bonchev–Trinajstić information content (AvgIpc) is 2.26. The highest BCUT2D eigenvalue weighted by molar-refractivity contribution is 5.73. The lowest BCUT2D eigenvalue weighted by Gasteiger charge is -2.35. The number of carbonyl (C=O) groups is 1. The molecule has 0 spiro atoms. The molecular weight excluding hydrogens is 254 g/mol. The van der Waals surface area contributed by atoms with E-state index >= 15 is 0 Å². The van der Waals surface area contributed by atoms with E-state index in [0.717, 1.165) is 5.56 Å². The van der Waals surface area contributed by atoms with E-state index in [1.165, 1.54) is 0 Å². The SMILES string of the molecule is FC1(c2ccccc2)CNC1.O=C(O)C(F)(F)F. The van der Waals surface area contributed by atoms with Crippen LogP contribution in [0.15, 0.2) is 30.3 Å². The van der Waals surface area contributed by atoms with E-state index in [9.17, 15) is 17.6 Å². The van der Waals surface area contributed by atoms with Crippen molar-refractivity contribution in [3.8, 4) is 0 Å². The van der Waals surface area contributed by atoms with Gasteiger partial charge in [0, 0.05) is 13.1 Å². The fourth-order valence-corrected chi connectivity index (χ4v) is 1.29. The third-order valence-corrected chi connectivity index (χ3v) is 2.34. The standard InChI is InChI=1S/C9H10FN.C2HF3O2/c10-9(6-11-7-9)8-4-2-1-3-5-8;3-2(4,5)1(6)7/h1-5,11H,6-7H2;(H,6,7). The maximum atomic E-state index is 13.6. The molecule has 1 aliphatic rings. The average molecular weight is 265 g/mol. The molecule has 2 N–H and O–H groups in total. The second kappa shape index (κ2) is 5.34. The summed E-state index contributed by atoms with van der Waals surface area (Å²) in [7, 11) is 0. The quantitative estimate of drug-likeness (QED) is 0.764. The molecule has 7 heteroatoms. The van der Waals surface area contributed by atoms with Crippen molar-refractivity contribution in [2.45, 2.75) is 11.8 Å². The van der Waals surface area contributed by atoms with Crippen LogP contribution >= 0.6 is 0 Å². The Bertz CT molecular complexity index is 401. The van der Waals surface area contributed by atoms with Crippen molar-refractivity contribution in [2.75, 3.05) is 13.1 Å². The van der Waals surface area contributed by atoms with Crippen LogP contribution in [0.4, 0.5) is 17.6 Å². The largest absolute Gasteiger partial charge is 0.490 e. The van der Waals surface area contributed by atoms with Crippen molar-refractivity contribution in [3.05, 3.63) is 35.9 Å². The normalized spacial score (nSPS) is 17.1. The van der Waals surface area contributed by atoms with Gasteiger partial charge in [-0.3, -0.25) is 0 Å². The lowest BCUT2D eigenvalue weighted by molar-refractivity contribution is -0.192. The minimum atomic E-state index is -5.08. The Morgan fingerprint density at radius 2 is 1.67 bits per heavy atom. The first-order valence-corrected chi connectivity index (χ1v) is 5.01. The molecule has 100 valence electrons. The first-order chi connectivity index (χ1) is 8.26. The van der Waals surface area contributed by atoms with E-state index in [2.05, 4.69) is 5.32 Å². The van der Waals surface area contributed by atoms with Crippen molar-refractivity contribution >= 4 is 5.97 Å². The number of carboxylic acid groups (broad SMARTS) is 1. The number of hydrogen-bond donors (Lipinski definition) is 2. The smallest absolute Gasteiger partial charge is 0.475 e. The number of hydrogen-bond acceptors (Lipinski definition) is 2. The molecule has 1 aromatic rings. The van der Waals surface area contributed by atoms with Gasteiger partial charge in [-0.05, 0) is 5.56 Å². The van der Waals surface area contributed by atoms with Crippen LogP contribution in [0.25, 0.3) is 0 Å². The van der Waals surface area contributed by atoms with Gasteiger partial charge in [-0.2, -0.15) is 13.2 Å². The van der Waals surface area contributed by atoms with E-state index in [0.29, 0.717) is 13.1 Å². The van der Waals surface area contributed by atoms with E-state index in [-0.39, 0.29) is 0 Å². The summed E-state index contributed by atoms with van der Waals surface area (Å²) in [4.78, 5) is 8.90. The van der Waals surface area contributed by atoms with Crippen molar-refractivity contribution < 1.29 is 27.5 Å². The summed E-state index contributed by atoms with van der Waals surface area (Å²) >= 11 is 0.